The highest BCUT2D eigenvalue weighted by Gasteiger charge is 2.32. The monoisotopic (exact) mass is 365 g/mol. The van der Waals surface area contributed by atoms with Gasteiger partial charge in [-0.15, -0.1) is 0 Å². The molecule has 4 rings (SSSR count). The van der Waals surface area contributed by atoms with Gasteiger partial charge in [0.15, 0.2) is 0 Å². The Bertz CT molecular complexity index is 1070. The predicted molar refractivity (Wildman–Crippen MR) is 99.3 cm³/mol. The number of rotatable bonds is 3. The minimum absolute atomic E-state index is 0.0298. The summed E-state index contributed by atoms with van der Waals surface area (Å²) in [7, 11) is 1.39. The number of benzene rings is 2. The molecule has 1 aliphatic heterocycles. The predicted octanol–water partition coefficient (Wildman–Crippen LogP) is 2.60. The highest BCUT2D eigenvalue weighted by atomic mass is 16.5. The van der Waals surface area contributed by atoms with Crippen LogP contribution in [0, 0.1) is 0 Å². The van der Waals surface area contributed by atoms with Crippen molar-refractivity contribution in [2.24, 2.45) is 0 Å². The molecule has 2 aromatic carbocycles. The van der Waals surface area contributed by atoms with E-state index < -0.39 is 11.7 Å². The van der Waals surface area contributed by atoms with Gasteiger partial charge in [0.2, 0.25) is 0 Å². The van der Waals surface area contributed by atoms with Crippen molar-refractivity contribution in [3.8, 4) is 5.75 Å². The van der Waals surface area contributed by atoms with Gasteiger partial charge in [-0.25, -0.2) is 4.79 Å². The van der Waals surface area contributed by atoms with Crippen molar-refractivity contribution in [2.45, 2.75) is 25.6 Å². The zero-order valence-electron chi connectivity index (χ0n) is 14.8. The average Bonchev–Trinajstić information content (AvgIpc) is 2.66. The lowest BCUT2D eigenvalue weighted by atomic mass is 9.93. The van der Waals surface area contributed by atoms with E-state index in [4.69, 9.17) is 9.15 Å². The first-order valence-corrected chi connectivity index (χ1v) is 8.69. The van der Waals surface area contributed by atoms with Crippen molar-refractivity contribution in [3.05, 3.63) is 75.6 Å². The summed E-state index contributed by atoms with van der Waals surface area (Å²) >= 11 is 0. The molecule has 0 spiro atoms. The van der Waals surface area contributed by atoms with E-state index in [1.165, 1.54) is 19.2 Å². The normalized spacial score (nSPS) is 16.9. The summed E-state index contributed by atoms with van der Waals surface area (Å²) in [5.41, 5.74) is 2.86. The van der Waals surface area contributed by atoms with Gasteiger partial charge in [-0.05, 0) is 35.2 Å². The van der Waals surface area contributed by atoms with Crippen molar-refractivity contribution in [1.29, 1.82) is 0 Å². The number of fused-ring (bicyclic) bond motifs is 2. The lowest BCUT2D eigenvalue weighted by molar-refractivity contribution is -0.147. The Morgan fingerprint density at radius 1 is 1.22 bits per heavy atom. The SMILES string of the molecule is COC(=O)[C@H]1Cc2ccccc2CN1Cc1cc(=O)oc2cc(O)ccc12. The van der Waals surface area contributed by atoms with E-state index in [0.29, 0.717) is 25.1 Å². The largest absolute Gasteiger partial charge is 0.508 e. The fourth-order valence-corrected chi connectivity index (χ4v) is 3.68. The third-order valence-corrected chi connectivity index (χ3v) is 5.01. The fourth-order valence-electron chi connectivity index (χ4n) is 3.68. The molecule has 1 N–H and O–H groups in total. The highest BCUT2D eigenvalue weighted by molar-refractivity contribution is 5.81. The van der Waals surface area contributed by atoms with Crippen LogP contribution >= 0.6 is 0 Å². The number of nitrogens with zero attached hydrogens (tertiary/aromatic N) is 1. The quantitative estimate of drug-likeness (QED) is 0.568. The molecule has 0 aliphatic carbocycles. The Hall–Kier alpha value is -3.12. The van der Waals surface area contributed by atoms with Crippen LogP contribution in [-0.2, 0) is 29.0 Å². The van der Waals surface area contributed by atoms with Gasteiger partial charge in [0, 0.05) is 30.6 Å². The number of carbonyl (C=O) groups is 1. The summed E-state index contributed by atoms with van der Waals surface area (Å²) in [6, 6.07) is 13.7. The van der Waals surface area contributed by atoms with Crippen LogP contribution < -0.4 is 5.63 Å². The molecule has 0 saturated carbocycles. The second-order valence-electron chi connectivity index (χ2n) is 6.69. The smallest absolute Gasteiger partial charge is 0.336 e. The number of phenolic OH excluding ortho intramolecular Hbond substituents is 1. The van der Waals surface area contributed by atoms with Crippen LogP contribution in [0.5, 0.6) is 5.75 Å². The van der Waals surface area contributed by atoms with Crippen LogP contribution in [0.2, 0.25) is 0 Å². The van der Waals surface area contributed by atoms with Crippen molar-refractivity contribution in [1.82, 2.24) is 4.90 Å². The topological polar surface area (TPSA) is 80.0 Å². The van der Waals surface area contributed by atoms with E-state index in [2.05, 4.69) is 0 Å². The molecule has 1 atom stereocenters. The second kappa shape index (κ2) is 6.89. The van der Waals surface area contributed by atoms with E-state index in [1.807, 2.05) is 29.2 Å². The van der Waals surface area contributed by atoms with Gasteiger partial charge < -0.3 is 14.3 Å². The lowest BCUT2D eigenvalue weighted by Gasteiger charge is -2.35. The van der Waals surface area contributed by atoms with Gasteiger partial charge in [0.1, 0.15) is 17.4 Å². The Morgan fingerprint density at radius 2 is 2.00 bits per heavy atom. The number of hydrogen-bond acceptors (Lipinski definition) is 6. The van der Waals surface area contributed by atoms with E-state index in [1.54, 1.807) is 12.1 Å². The van der Waals surface area contributed by atoms with Crippen LogP contribution in [0.15, 0.2) is 57.7 Å². The van der Waals surface area contributed by atoms with Gasteiger partial charge in [-0.3, -0.25) is 9.69 Å². The highest BCUT2D eigenvalue weighted by Crippen LogP contribution is 2.28. The number of carbonyl (C=O) groups excluding carboxylic acids is 1. The molecule has 0 unspecified atom stereocenters. The molecule has 138 valence electrons. The summed E-state index contributed by atoms with van der Waals surface area (Å²) in [4.78, 5) is 26.4. The third-order valence-electron chi connectivity index (χ3n) is 5.01. The van der Waals surface area contributed by atoms with Gasteiger partial charge in [-0.2, -0.15) is 0 Å². The Kier molecular flexibility index (Phi) is 4.41. The summed E-state index contributed by atoms with van der Waals surface area (Å²) in [6.45, 7) is 0.969. The maximum Gasteiger partial charge on any atom is 0.336 e. The Morgan fingerprint density at radius 3 is 2.78 bits per heavy atom. The zero-order valence-corrected chi connectivity index (χ0v) is 14.8. The number of esters is 1. The lowest BCUT2D eigenvalue weighted by Crippen LogP contribution is -2.45. The molecular weight excluding hydrogens is 346 g/mol. The molecule has 3 aromatic rings. The summed E-state index contributed by atoms with van der Waals surface area (Å²) in [5.74, 6) is -0.267. The van der Waals surface area contributed by atoms with Gasteiger partial charge in [0.05, 0.1) is 7.11 Å². The van der Waals surface area contributed by atoms with Gasteiger partial charge in [-0.1, -0.05) is 24.3 Å². The molecule has 0 fully saturated rings. The zero-order chi connectivity index (χ0) is 19.0. The van der Waals surface area contributed by atoms with Crippen molar-refractivity contribution in [3.63, 3.8) is 0 Å². The second-order valence-corrected chi connectivity index (χ2v) is 6.69. The molecule has 1 aliphatic rings. The van der Waals surface area contributed by atoms with Crippen LogP contribution in [-0.4, -0.2) is 29.1 Å². The average molecular weight is 365 g/mol. The molecule has 0 bridgehead atoms. The number of methoxy groups -OCH3 is 1. The first-order valence-electron chi connectivity index (χ1n) is 8.69. The Balaban J connectivity index is 1.75. The fraction of sp³-hybridized carbons (Fsp3) is 0.238. The summed E-state index contributed by atoms with van der Waals surface area (Å²) in [6.07, 6.45) is 0.559. The van der Waals surface area contributed by atoms with Crippen LogP contribution in [0.1, 0.15) is 16.7 Å². The number of aromatic hydroxyl groups is 1. The maximum absolute atomic E-state index is 12.4. The van der Waals surface area contributed by atoms with Crippen molar-refractivity contribution < 1.29 is 19.1 Å². The third kappa shape index (κ3) is 3.31. The molecule has 0 amide bonds. The molecule has 6 heteroatoms. The number of phenols is 1. The first-order chi connectivity index (χ1) is 13.0. The summed E-state index contributed by atoms with van der Waals surface area (Å²) < 4.78 is 10.2. The van der Waals surface area contributed by atoms with Gasteiger partial charge in [0.25, 0.3) is 0 Å². The minimum Gasteiger partial charge on any atom is -0.508 e. The van der Waals surface area contributed by atoms with Crippen molar-refractivity contribution in [2.75, 3.05) is 7.11 Å². The van der Waals surface area contributed by atoms with E-state index >= 15 is 0 Å². The molecule has 27 heavy (non-hydrogen) atoms. The summed E-state index contributed by atoms with van der Waals surface area (Å²) in [5, 5.41) is 10.4. The molecular formula is C21H19NO5. The molecule has 0 saturated heterocycles. The maximum atomic E-state index is 12.4. The molecule has 2 heterocycles. The van der Waals surface area contributed by atoms with Crippen LogP contribution in [0.3, 0.4) is 0 Å². The van der Waals surface area contributed by atoms with Crippen LogP contribution in [0.25, 0.3) is 11.0 Å². The van der Waals surface area contributed by atoms with Gasteiger partial charge >= 0.3 is 11.6 Å². The molecule has 1 aromatic heterocycles. The Labute approximate surface area is 155 Å². The van der Waals surface area contributed by atoms with E-state index in [0.717, 1.165) is 22.1 Å². The first kappa shape index (κ1) is 17.3. The van der Waals surface area contributed by atoms with Crippen molar-refractivity contribution >= 4 is 16.9 Å². The molecule has 0 radical (unpaired) electrons. The number of ether oxygens (including phenoxy) is 1. The van der Waals surface area contributed by atoms with E-state index in [-0.39, 0.29) is 11.7 Å². The van der Waals surface area contributed by atoms with Crippen LogP contribution in [0.4, 0.5) is 0 Å². The molecule has 6 nitrogen and oxygen atoms in total. The minimum atomic E-state index is -0.491. The standard InChI is InChI=1S/C21H19NO5/c1-26-21(25)18-8-13-4-2-3-5-14(13)11-22(18)12-15-9-20(24)27-19-10-16(23)6-7-17(15)19/h2-7,9-10,18,23H,8,11-12H2,1H3/t18-/m1/s1. The number of hydrogen-bond donors (Lipinski definition) is 1. The van der Waals surface area contributed by atoms with E-state index in [9.17, 15) is 14.7 Å².